The van der Waals surface area contributed by atoms with Crippen LogP contribution in [0.2, 0.25) is 0 Å². The first-order chi connectivity index (χ1) is 12.8. The Hall–Kier alpha value is -3.13. The number of hydrogen-bond donors (Lipinski definition) is 3. The number of thiocarbonyl (C=S) groups is 1. The fourth-order valence-corrected chi connectivity index (χ4v) is 2.65. The van der Waals surface area contributed by atoms with Crippen LogP contribution in [0, 0.1) is 0 Å². The third-order valence-corrected chi connectivity index (χ3v) is 3.94. The molecule has 7 nitrogen and oxygen atoms in total. The Labute approximate surface area is 162 Å². The average Bonchev–Trinajstić information content (AvgIpc) is 3.27. The van der Waals surface area contributed by atoms with Crippen molar-refractivity contribution in [2.75, 3.05) is 16.0 Å². The molecular weight excluding hydrogens is 362 g/mol. The summed E-state index contributed by atoms with van der Waals surface area (Å²) in [5, 5.41) is 9.40. The lowest BCUT2D eigenvalue weighted by Crippen LogP contribution is -2.27. The predicted molar refractivity (Wildman–Crippen MR) is 110 cm³/mol. The largest absolute Gasteiger partial charge is 0.459 e. The third-order valence-electron chi connectivity index (χ3n) is 3.73. The summed E-state index contributed by atoms with van der Waals surface area (Å²) in [4.78, 5) is 16.3. The van der Waals surface area contributed by atoms with Crippen LogP contribution in [0.5, 0.6) is 0 Å². The van der Waals surface area contributed by atoms with E-state index >= 15 is 0 Å². The quantitative estimate of drug-likeness (QED) is 0.583. The average molecular weight is 383 g/mol. The number of rotatable bonds is 4. The van der Waals surface area contributed by atoms with Crippen LogP contribution < -0.4 is 16.0 Å². The summed E-state index contributed by atoms with van der Waals surface area (Å²) in [5.74, 6) is 0.631. The molecule has 8 heteroatoms. The minimum absolute atomic E-state index is 0.109. The Bertz CT molecular complexity index is 924. The van der Waals surface area contributed by atoms with Crippen molar-refractivity contribution in [2.24, 2.45) is 0 Å². The summed E-state index contributed by atoms with van der Waals surface area (Å²) in [7, 11) is 0. The van der Waals surface area contributed by atoms with Gasteiger partial charge in [0, 0.05) is 29.3 Å². The molecule has 3 rings (SSSR count). The molecule has 0 spiro atoms. The highest BCUT2D eigenvalue weighted by Crippen LogP contribution is 2.20. The van der Waals surface area contributed by atoms with Gasteiger partial charge in [-0.2, -0.15) is 0 Å². The molecule has 0 unspecified atom stereocenters. The number of nitrogens with one attached hydrogen (secondary N) is 3. The number of furan rings is 1. The number of benzene rings is 1. The van der Waals surface area contributed by atoms with Crippen molar-refractivity contribution in [3.8, 4) is 0 Å². The first-order valence-electron chi connectivity index (χ1n) is 8.40. The van der Waals surface area contributed by atoms with E-state index in [4.69, 9.17) is 16.6 Å². The highest BCUT2D eigenvalue weighted by molar-refractivity contribution is 7.80. The fourth-order valence-electron chi connectivity index (χ4n) is 2.44. The maximum atomic E-state index is 12.0. The van der Waals surface area contributed by atoms with Crippen LogP contribution in [0.15, 0.2) is 59.5 Å². The maximum absolute atomic E-state index is 12.0. The molecule has 0 saturated heterocycles. The molecule has 0 aliphatic rings. The normalized spacial score (nSPS) is 11.1. The molecule has 0 saturated carbocycles. The summed E-state index contributed by atoms with van der Waals surface area (Å²) in [6, 6.07) is 10.5. The molecule has 2 aromatic heterocycles. The van der Waals surface area contributed by atoms with E-state index in [-0.39, 0.29) is 17.2 Å². The minimum Gasteiger partial charge on any atom is -0.459 e. The molecular formula is C19H21N5O2S. The summed E-state index contributed by atoms with van der Waals surface area (Å²) in [6.07, 6.45) is 5.09. The monoisotopic (exact) mass is 383 g/mol. The molecule has 0 aliphatic heterocycles. The molecule has 3 N–H and O–H groups in total. The van der Waals surface area contributed by atoms with Crippen LogP contribution in [0.1, 0.15) is 31.3 Å². The number of imidazole rings is 1. The second-order valence-corrected chi connectivity index (χ2v) is 7.29. The molecule has 3 aromatic rings. The summed E-state index contributed by atoms with van der Waals surface area (Å²) < 4.78 is 7.08. The van der Waals surface area contributed by atoms with Crippen LogP contribution in [0.4, 0.5) is 17.3 Å². The van der Waals surface area contributed by atoms with Crippen molar-refractivity contribution >= 4 is 40.6 Å². The van der Waals surface area contributed by atoms with Gasteiger partial charge in [-0.15, -0.1) is 0 Å². The standard InChI is InChI=1S/C19H21N5O2S/c1-19(2,3)24-11-10-20-17(24)23-18(27)22-14-8-6-13(7-9-14)21-16(25)15-5-4-12-26-15/h4-12H,1-3H3,(H,21,25)(H2,20,22,23,27). The SMILES string of the molecule is CC(C)(C)n1ccnc1NC(=S)Nc1ccc(NC(=O)c2ccco2)cc1. The van der Waals surface area contributed by atoms with Gasteiger partial charge < -0.3 is 24.9 Å². The zero-order chi connectivity index (χ0) is 19.4. The minimum atomic E-state index is -0.299. The van der Waals surface area contributed by atoms with Gasteiger partial charge in [-0.05, 0) is 69.4 Å². The van der Waals surface area contributed by atoms with Crippen LogP contribution in [0.25, 0.3) is 0 Å². The number of hydrogen-bond acceptors (Lipinski definition) is 4. The molecule has 2 heterocycles. The Morgan fingerprint density at radius 1 is 1.07 bits per heavy atom. The number of carbonyl (C=O) groups excluding carboxylic acids is 1. The highest BCUT2D eigenvalue weighted by Gasteiger charge is 2.17. The number of nitrogens with zero attached hydrogens (tertiary/aromatic N) is 2. The topological polar surface area (TPSA) is 84.1 Å². The summed E-state index contributed by atoms with van der Waals surface area (Å²) in [5.41, 5.74) is 1.34. The van der Waals surface area contributed by atoms with Gasteiger partial charge in [0.1, 0.15) is 0 Å². The number of amides is 1. The molecule has 1 amide bonds. The Kier molecular flexibility index (Phi) is 5.27. The van der Waals surface area contributed by atoms with Crippen molar-refractivity contribution in [1.82, 2.24) is 9.55 Å². The van der Waals surface area contributed by atoms with E-state index in [9.17, 15) is 4.79 Å². The molecule has 0 bridgehead atoms. The van der Waals surface area contributed by atoms with Crippen molar-refractivity contribution in [3.05, 3.63) is 60.8 Å². The Morgan fingerprint density at radius 2 is 1.74 bits per heavy atom. The number of aromatic nitrogens is 2. The van der Waals surface area contributed by atoms with Gasteiger partial charge >= 0.3 is 0 Å². The predicted octanol–water partition coefficient (Wildman–Crippen LogP) is 4.29. The van der Waals surface area contributed by atoms with Crippen molar-refractivity contribution in [3.63, 3.8) is 0 Å². The zero-order valence-corrected chi connectivity index (χ0v) is 16.1. The van der Waals surface area contributed by atoms with Gasteiger partial charge in [0.05, 0.1) is 6.26 Å². The van der Waals surface area contributed by atoms with E-state index < -0.39 is 0 Å². The lowest BCUT2D eigenvalue weighted by Gasteiger charge is -2.23. The third kappa shape index (κ3) is 4.73. The number of carbonyl (C=O) groups is 1. The Balaban J connectivity index is 1.59. The van der Waals surface area contributed by atoms with Crippen molar-refractivity contribution in [2.45, 2.75) is 26.3 Å². The van der Waals surface area contributed by atoms with Gasteiger partial charge in [0.2, 0.25) is 5.95 Å². The van der Waals surface area contributed by atoms with Crippen LogP contribution in [-0.2, 0) is 5.54 Å². The second kappa shape index (κ2) is 7.63. The molecule has 0 aliphatic carbocycles. The lowest BCUT2D eigenvalue weighted by atomic mass is 10.1. The Morgan fingerprint density at radius 3 is 2.33 bits per heavy atom. The van der Waals surface area contributed by atoms with E-state index in [0.717, 1.165) is 5.69 Å². The molecule has 27 heavy (non-hydrogen) atoms. The highest BCUT2D eigenvalue weighted by atomic mass is 32.1. The van der Waals surface area contributed by atoms with Gasteiger partial charge in [-0.1, -0.05) is 0 Å². The van der Waals surface area contributed by atoms with E-state index in [0.29, 0.717) is 16.7 Å². The first kappa shape index (κ1) is 18.7. The van der Waals surface area contributed by atoms with E-state index in [2.05, 4.69) is 41.7 Å². The van der Waals surface area contributed by atoms with Gasteiger partial charge in [0.25, 0.3) is 5.91 Å². The maximum Gasteiger partial charge on any atom is 0.291 e. The van der Waals surface area contributed by atoms with Gasteiger partial charge in [0.15, 0.2) is 10.9 Å². The van der Waals surface area contributed by atoms with Crippen LogP contribution in [0.3, 0.4) is 0 Å². The zero-order valence-electron chi connectivity index (χ0n) is 15.3. The summed E-state index contributed by atoms with van der Waals surface area (Å²) in [6.45, 7) is 6.27. The first-order valence-corrected chi connectivity index (χ1v) is 8.80. The fraction of sp³-hybridized carbons (Fsp3) is 0.211. The summed E-state index contributed by atoms with van der Waals surface area (Å²) >= 11 is 5.37. The molecule has 0 atom stereocenters. The van der Waals surface area contributed by atoms with Crippen molar-refractivity contribution in [1.29, 1.82) is 0 Å². The van der Waals surface area contributed by atoms with Gasteiger partial charge in [-0.3, -0.25) is 4.79 Å². The lowest BCUT2D eigenvalue weighted by molar-refractivity contribution is 0.0996. The number of anilines is 3. The van der Waals surface area contributed by atoms with Crippen molar-refractivity contribution < 1.29 is 9.21 Å². The van der Waals surface area contributed by atoms with E-state index in [1.54, 1.807) is 30.5 Å². The smallest absolute Gasteiger partial charge is 0.291 e. The molecule has 1 aromatic carbocycles. The van der Waals surface area contributed by atoms with E-state index in [1.807, 2.05) is 22.9 Å². The molecule has 0 radical (unpaired) electrons. The van der Waals surface area contributed by atoms with Crippen LogP contribution >= 0.6 is 12.2 Å². The van der Waals surface area contributed by atoms with E-state index in [1.165, 1.54) is 6.26 Å². The van der Waals surface area contributed by atoms with Crippen LogP contribution in [-0.4, -0.2) is 20.6 Å². The second-order valence-electron chi connectivity index (χ2n) is 6.88. The molecule has 0 fully saturated rings. The van der Waals surface area contributed by atoms with Gasteiger partial charge in [-0.25, -0.2) is 4.98 Å². The molecule has 140 valence electrons.